The first kappa shape index (κ1) is 5.61. The summed E-state index contributed by atoms with van der Waals surface area (Å²) in [5.74, 6) is -0.369. The van der Waals surface area contributed by atoms with Crippen molar-refractivity contribution in [2.45, 2.75) is 0 Å². The molecule has 1 aromatic rings. The molecule has 5 heteroatoms. The Kier molecular flexibility index (Phi) is 1.11. The van der Waals surface area contributed by atoms with Gasteiger partial charge in [-0.1, -0.05) is 0 Å². The Morgan fingerprint density at radius 2 is 2.33 bits per heavy atom. The van der Waals surface area contributed by atoms with Crippen LogP contribution in [0.5, 0.6) is 5.88 Å². The highest BCUT2D eigenvalue weighted by Gasteiger charge is 1.96. The Balaban J connectivity index is 3.17. The maximum absolute atomic E-state index is 10.4. The lowest BCUT2D eigenvalue weighted by Gasteiger charge is -1.99. The van der Waals surface area contributed by atoms with Gasteiger partial charge in [-0.2, -0.15) is 0 Å². The molecule has 0 aliphatic rings. The molecule has 3 N–H and O–H groups in total. The van der Waals surface area contributed by atoms with E-state index < -0.39 is 0 Å². The van der Waals surface area contributed by atoms with Crippen LogP contribution in [0.1, 0.15) is 0 Å². The van der Waals surface area contributed by atoms with Gasteiger partial charge in [-0.25, -0.2) is 0 Å². The second-order valence-corrected chi connectivity index (χ2v) is 1.49. The second kappa shape index (κ2) is 1.77. The summed E-state index contributed by atoms with van der Waals surface area (Å²) in [6.07, 6.45) is 0. The lowest BCUT2D eigenvalue weighted by molar-refractivity contribution is -0.655. The second-order valence-electron chi connectivity index (χ2n) is 1.49. The molecule has 0 amide bonds. The average molecular weight is 127 g/mol. The van der Waals surface area contributed by atoms with Crippen molar-refractivity contribution in [3.05, 3.63) is 17.3 Å². The highest BCUT2D eigenvalue weighted by atomic mass is 16.5. The van der Waals surface area contributed by atoms with Crippen molar-refractivity contribution in [1.29, 1.82) is 0 Å². The molecule has 0 saturated carbocycles. The molecular weight excluding hydrogens is 122 g/mol. The van der Waals surface area contributed by atoms with E-state index in [1.165, 1.54) is 12.1 Å². The minimum Gasteiger partial charge on any atom is -0.691 e. The lowest BCUT2D eigenvalue weighted by Crippen LogP contribution is -2.34. The highest BCUT2D eigenvalue weighted by Crippen LogP contribution is 1.99. The fourth-order valence-corrected chi connectivity index (χ4v) is 0.408. The Morgan fingerprint density at radius 3 is 2.78 bits per heavy atom. The largest absolute Gasteiger partial charge is 0.691 e. The van der Waals surface area contributed by atoms with E-state index >= 15 is 0 Å². The Morgan fingerprint density at radius 1 is 1.67 bits per heavy atom. The van der Waals surface area contributed by atoms with Crippen LogP contribution < -0.4 is 10.6 Å². The third-order valence-corrected chi connectivity index (χ3v) is 0.817. The quantitative estimate of drug-likeness (QED) is 0.346. The minimum absolute atomic E-state index is 0.0344. The molecule has 0 spiro atoms. The van der Waals surface area contributed by atoms with Crippen molar-refractivity contribution in [3.63, 3.8) is 0 Å². The minimum atomic E-state index is -0.334. The molecule has 0 saturated heterocycles. The van der Waals surface area contributed by atoms with Gasteiger partial charge in [0, 0.05) is 12.1 Å². The molecule has 5 nitrogen and oxygen atoms in total. The summed E-state index contributed by atoms with van der Waals surface area (Å²) in [4.78, 5) is 0.148. The summed E-state index contributed by atoms with van der Waals surface area (Å²) in [7, 11) is 0. The molecule has 0 aliphatic carbocycles. The first-order valence-corrected chi connectivity index (χ1v) is 2.25. The number of nitrogen functional groups attached to an aromatic ring is 1. The van der Waals surface area contributed by atoms with Crippen LogP contribution >= 0.6 is 0 Å². The predicted molar refractivity (Wildman–Crippen MR) is 29.3 cm³/mol. The summed E-state index contributed by atoms with van der Waals surface area (Å²) in [6.45, 7) is 0. The molecular formula is C4H5N3O2. The van der Waals surface area contributed by atoms with Crippen molar-refractivity contribution in [3.8, 4) is 5.88 Å². The van der Waals surface area contributed by atoms with Crippen LogP contribution in [0.4, 0.5) is 5.82 Å². The Hall–Kier alpha value is -1.52. The molecule has 0 bridgehead atoms. The summed E-state index contributed by atoms with van der Waals surface area (Å²) in [5, 5.41) is 22.0. The topological polar surface area (TPSA) is 86.1 Å². The van der Waals surface area contributed by atoms with Crippen molar-refractivity contribution in [2.24, 2.45) is 0 Å². The molecule has 1 heterocycles. The van der Waals surface area contributed by atoms with Gasteiger partial charge in [-0.15, -0.1) is 4.85 Å². The van der Waals surface area contributed by atoms with E-state index in [1.54, 1.807) is 0 Å². The van der Waals surface area contributed by atoms with E-state index in [0.29, 0.717) is 0 Å². The molecule has 1 aromatic heterocycles. The van der Waals surface area contributed by atoms with Crippen LogP contribution in [0.3, 0.4) is 0 Å². The molecule has 0 aliphatic heterocycles. The van der Waals surface area contributed by atoms with E-state index in [-0.39, 0.29) is 16.5 Å². The van der Waals surface area contributed by atoms with Gasteiger partial charge in [-0.05, 0) is 5.10 Å². The summed E-state index contributed by atoms with van der Waals surface area (Å²) >= 11 is 0. The number of aromatic nitrogens is 2. The zero-order chi connectivity index (χ0) is 6.85. The zero-order valence-corrected chi connectivity index (χ0v) is 4.48. The third kappa shape index (κ3) is 0.987. The first-order valence-electron chi connectivity index (χ1n) is 2.25. The van der Waals surface area contributed by atoms with Crippen LogP contribution in [0, 0.1) is 5.21 Å². The standard InChI is InChI=1S/C4H5N3O2/c5-3-1-2-4(8)6-7(3)9/h1-2H,5H2,(H,6,8). The van der Waals surface area contributed by atoms with Crippen molar-refractivity contribution >= 4 is 5.82 Å². The number of nitrogens with zero attached hydrogens (tertiary/aromatic N) is 2. The maximum atomic E-state index is 10.4. The van der Waals surface area contributed by atoms with E-state index in [4.69, 9.17) is 10.8 Å². The van der Waals surface area contributed by atoms with Gasteiger partial charge in [0.25, 0.3) is 11.7 Å². The molecule has 0 aromatic carbocycles. The van der Waals surface area contributed by atoms with Gasteiger partial charge in [-0.3, -0.25) is 5.73 Å². The number of anilines is 1. The number of aromatic hydroxyl groups is 1. The fourth-order valence-electron chi connectivity index (χ4n) is 0.408. The zero-order valence-electron chi connectivity index (χ0n) is 4.48. The first-order chi connectivity index (χ1) is 4.20. The van der Waals surface area contributed by atoms with E-state index in [1.807, 2.05) is 0 Å². The molecule has 1 rings (SSSR count). The predicted octanol–water partition coefficient (Wildman–Crippen LogP) is -0.997. The number of hydrogen-bond acceptors (Lipinski definition) is 4. The van der Waals surface area contributed by atoms with E-state index in [9.17, 15) is 5.21 Å². The molecule has 9 heavy (non-hydrogen) atoms. The average Bonchev–Trinajstić information content (AvgIpc) is 1.80. The monoisotopic (exact) mass is 127 g/mol. The van der Waals surface area contributed by atoms with Crippen molar-refractivity contribution < 1.29 is 9.95 Å². The Bertz CT molecular complexity index is 225. The molecule has 0 radical (unpaired) electrons. The van der Waals surface area contributed by atoms with Crippen LogP contribution in [0.2, 0.25) is 0 Å². The SMILES string of the molecule is Nc1ccc(O)n[n+]1[O-]. The van der Waals surface area contributed by atoms with E-state index in [0.717, 1.165) is 0 Å². The molecule has 0 fully saturated rings. The van der Waals surface area contributed by atoms with Crippen LogP contribution in [-0.4, -0.2) is 10.2 Å². The molecule has 0 atom stereocenters. The van der Waals surface area contributed by atoms with Gasteiger partial charge in [0.05, 0.1) is 0 Å². The van der Waals surface area contributed by atoms with Crippen molar-refractivity contribution in [1.82, 2.24) is 5.10 Å². The van der Waals surface area contributed by atoms with Gasteiger partial charge >= 0.3 is 0 Å². The maximum Gasteiger partial charge on any atom is 0.297 e. The normalized spacial score (nSPS) is 9.33. The number of rotatable bonds is 0. The molecule has 48 valence electrons. The van der Waals surface area contributed by atoms with Crippen LogP contribution in [0.15, 0.2) is 12.1 Å². The van der Waals surface area contributed by atoms with Crippen molar-refractivity contribution in [2.75, 3.05) is 5.73 Å². The highest BCUT2D eigenvalue weighted by molar-refractivity contribution is 5.21. The fraction of sp³-hybridized carbons (Fsp3) is 0. The molecule has 0 unspecified atom stereocenters. The summed E-state index contributed by atoms with van der Waals surface area (Å²) < 4.78 is 0. The number of hydrogen-bond donors (Lipinski definition) is 2. The van der Waals surface area contributed by atoms with Crippen LogP contribution in [0.25, 0.3) is 0 Å². The van der Waals surface area contributed by atoms with Gasteiger partial charge < -0.3 is 10.3 Å². The third-order valence-electron chi connectivity index (χ3n) is 0.817. The lowest BCUT2D eigenvalue weighted by atomic mass is 10.5. The van der Waals surface area contributed by atoms with Gasteiger partial charge in [0.2, 0.25) is 0 Å². The van der Waals surface area contributed by atoms with Crippen LogP contribution in [-0.2, 0) is 0 Å². The van der Waals surface area contributed by atoms with Gasteiger partial charge in [0.1, 0.15) is 0 Å². The van der Waals surface area contributed by atoms with E-state index in [2.05, 4.69) is 5.10 Å². The summed E-state index contributed by atoms with van der Waals surface area (Å²) in [5.41, 5.74) is 5.07. The number of nitrogens with two attached hydrogens (primary N) is 1. The smallest absolute Gasteiger partial charge is 0.297 e. The summed E-state index contributed by atoms with van der Waals surface area (Å²) in [6, 6.07) is 2.51. The Labute approximate surface area is 50.9 Å². The van der Waals surface area contributed by atoms with Gasteiger partial charge in [0.15, 0.2) is 0 Å².